The summed E-state index contributed by atoms with van der Waals surface area (Å²) >= 11 is 0. The van der Waals surface area contributed by atoms with Crippen molar-refractivity contribution in [3.05, 3.63) is 114 Å². The minimum absolute atomic E-state index is 0.131. The van der Waals surface area contributed by atoms with Crippen LogP contribution in [0, 0.1) is 0 Å². The molecule has 1 atom stereocenters. The van der Waals surface area contributed by atoms with E-state index in [-0.39, 0.29) is 12.1 Å². The number of fused-ring (bicyclic) bond motifs is 3. The molecule has 0 radical (unpaired) electrons. The highest BCUT2D eigenvalue weighted by Crippen LogP contribution is 2.37. The van der Waals surface area contributed by atoms with Crippen LogP contribution in [0.15, 0.2) is 91.1 Å². The van der Waals surface area contributed by atoms with Crippen LogP contribution in [-0.2, 0) is 13.1 Å². The highest BCUT2D eigenvalue weighted by atomic mass is 16.5. The fourth-order valence-electron chi connectivity index (χ4n) is 4.54. The molecule has 0 spiro atoms. The molecular weight excluding hydrogens is 426 g/mol. The van der Waals surface area contributed by atoms with Crippen molar-refractivity contribution in [1.82, 2.24) is 14.8 Å². The van der Waals surface area contributed by atoms with Crippen LogP contribution in [0.4, 0.5) is 4.79 Å². The van der Waals surface area contributed by atoms with E-state index >= 15 is 0 Å². The molecule has 34 heavy (non-hydrogen) atoms. The van der Waals surface area contributed by atoms with Gasteiger partial charge in [0, 0.05) is 18.4 Å². The Labute approximate surface area is 199 Å². The van der Waals surface area contributed by atoms with Crippen LogP contribution < -0.4 is 14.8 Å². The maximum Gasteiger partial charge on any atom is 0.318 e. The lowest BCUT2D eigenvalue weighted by molar-refractivity contribution is 0.180. The van der Waals surface area contributed by atoms with E-state index < -0.39 is 0 Å². The van der Waals surface area contributed by atoms with Crippen molar-refractivity contribution in [2.75, 3.05) is 14.2 Å². The minimum atomic E-state index is -0.265. The van der Waals surface area contributed by atoms with E-state index in [2.05, 4.69) is 34.3 Å². The maximum absolute atomic E-state index is 13.7. The van der Waals surface area contributed by atoms with Crippen molar-refractivity contribution in [3.63, 3.8) is 0 Å². The van der Waals surface area contributed by atoms with Gasteiger partial charge in [0.05, 0.1) is 32.5 Å². The fourth-order valence-corrected chi connectivity index (χ4v) is 4.54. The zero-order valence-electron chi connectivity index (χ0n) is 19.3. The first-order valence-corrected chi connectivity index (χ1v) is 11.2. The van der Waals surface area contributed by atoms with E-state index in [4.69, 9.17) is 9.47 Å². The topological polar surface area (TPSA) is 55.7 Å². The Kier molecular flexibility index (Phi) is 5.95. The average Bonchev–Trinajstić information content (AvgIpc) is 3.32. The Bertz CT molecular complexity index is 1300. The van der Waals surface area contributed by atoms with E-state index in [1.165, 1.54) is 0 Å². The number of urea groups is 1. The van der Waals surface area contributed by atoms with Gasteiger partial charge in [-0.15, -0.1) is 0 Å². The molecule has 5 rings (SSSR count). The van der Waals surface area contributed by atoms with Gasteiger partial charge in [-0.2, -0.15) is 0 Å². The van der Waals surface area contributed by atoms with Gasteiger partial charge in [-0.1, -0.05) is 42.5 Å². The first-order chi connectivity index (χ1) is 16.7. The number of amides is 2. The monoisotopic (exact) mass is 453 g/mol. The van der Waals surface area contributed by atoms with Crippen molar-refractivity contribution >= 4 is 6.03 Å². The van der Waals surface area contributed by atoms with Gasteiger partial charge in [-0.05, 0) is 59.2 Å². The lowest BCUT2D eigenvalue weighted by atomic mass is 10.0. The number of nitrogens with zero attached hydrogens (tertiary/aromatic N) is 2. The Hall–Kier alpha value is -4.19. The van der Waals surface area contributed by atoms with E-state index in [1.54, 1.807) is 14.2 Å². The van der Waals surface area contributed by atoms with E-state index in [0.29, 0.717) is 13.1 Å². The smallest absolute Gasteiger partial charge is 0.318 e. The predicted octanol–water partition coefficient (Wildman–Crippen LogP) is 5.31. The molecule has 0 saturated heterocycles. The van der Waals surface area contributed by atoms with Crippen LogP contribution in [0.25, 0.3) is 5.69 Å². The number of carbonyl (C=O) groups excluding carboxylic acids is 1. The van der Waals surface area contributed by atoms with Crippen molar-refractivity contribution in [3.8, 4) is 17.2 Å². The van der Waals surface area contributed by atoms with Gasteiger partial charge in [0.2, 0.25) is 0 Å². The summed E-state index contributed by atoms with van der Waals surface area (Å²) in [6.45, 7) is 0.892. The van der Waals surface area contributed by atoms with Gasteiger partial charge >= 0.3 is 6.03 Å². The highest BCUT2D eigenvalue weighted by Gasteiger charge is 2.32. The Morgan fingerprint density at radius 1 is 0.912 bits per heavy atom. The molecule has 0 fully saturated rings. The van der Waals surface area contributed by atoms with Crippen LogP contribution in [-0.4, -0.2) is 29.7 Å². The molecule has 1 unspecified atom stereocenters. The number of aromatic nitrogens is 1. The SMILES string of the molecule is COc1ccc(C2c3cccn3-c3ccccc3CN2C(=O)NCc2cccc(OC)c2)cc1. The van der Waals surface area contributed by atoms with Gasteiger partial charge in [0.15, 0.2) is 0 Å². The third kappa shape index (κ3) is 4.10. The van der Waals surface area contributed by atoms with Crippen molar-refractivity contribution in [2.45, 2.75) is 19.1 Å². The van der Waals surface area contributed by atoms with Crippen LogP contribution >= 0.6 is 0 Å². The Morgan fingerprint density at radius 3 is 2.50 bits per heavy atom. The molecule has 2 heterocycles. The van der Waals surface area contributed by atoms with Crippen LogP contribution in [0.1, 0.15) is 28.4 Å². The van der Waals surface area contributed by atoms with Crippen LogP contribution in [0.3, 0.4) is 0 Å². The number of carbonyl (C=O) groups is 1. The summed E-state index contributed by atoms with van der Waals surface area (Å²) < 4.78 is 12.9. The molecule has 6 nitrogen and oxygen atoms in total. The summed E-state index contributed by atoms with van der Waals surface area (Å²) in [6, 6.07) is 27.6. The van der Waals surface area contributed by atoms with Crippen molar-refractivity contribution in [2.24, 2.45) is 0 Å². The summed E-state index contributed by atoms with van der Waals surface area (Å²) in [5, 5.41) is 3.12. The summed E-state index contributed by atoms with van der Waals surface area (Å²) in [5.74, 6) is 1.55. The van der Waals surface area contributed by atoms with Crippen LogP contribution in [0.5, 0.6) is 11.5 Å². The van der Waals surface area contributed by atoms with Crippen molar-refractivity contribution in [1.29, 1.82) is 0 Å². The summed E-state index contributed by atoms with van der Waals surface area (Å²) in [5.41, 5.74) is 5.21. The molecule has 0 aliphatic carbocycles. The average molecular weight is 454 g/mol. The summed E-state index contributed by atoms with van der Waals surface area (Å²) in [4.78, 5) is 15.6. The van der Waals surface area contributed by atoms with Gasteiger partial charge in [0.25, 0.3) is 0 Å². The molecule has 1 N–H and O–H groups in total. The van der Waals surface area contributed by atoms with Gasteiger partial charge in [-0.25, -0.2) is 4.79 Å². The zero-order chi connectivity index (χ0) is 23.5. The first-order valence-electron chi connectivity index (χ1n) is 11.2. The first kappa shape index (κ1) is 21.6. The molecule has 1 aliphatic rings. The lowest BCUT2D eigenvalue weighted by Crippen LogP contribution is -2.41. The third-order valence-electron chi connectivity index (χ3n) is 6.23. The molecule has 1 aromatic heterocycles. The van der Waals surface area contributed by atoms with E-state index in [1.807, 2.05) is 71.6 Å². The molecule has 0 saturated carbocycles. The summed E-state index contributed by atoms with van der Waals surface area (Å²) in [7, 11) is 3.29. The standard InChI is InChI=1S/C28H27N3O3/c1-33-23-14-12-21(13-15-23)27-26-11-6-16-30(26)25-10-4-3-8-22(25)19-31(27)28(32)29-18-20-7-5-9-24(17-20)34-2/h3-17,27H,18-19H2,1-2H3,(H,29,32). The van der Waals surface area contributed by atoms with Gasteiger partial charge < -0.3 is 24.3 Å². The lowest BCUT2D eigenvalue weighted by Gasteiger charge is -2.31. The van der Waals surface area contributed by atoms with E-state index in [0.717, 1.165) is 39.6 Å². The van der Waals surface area contributed by atoms with Crippen LogP contribution in [0.2, 0.25) is 0 Å². The molecule has 4 aromatic rings. The molecule has 3 aromatic carbocycles. The largest absolute Gasteiger partial charge is 0.497 e. The second-order valence-electron chi connectivity index (χ2n) is 8.25. The van der Waals surface area contributed by atoms with Crippen molar-refractivity contribution < 1.29 is 14.3 Å². The normalized spacial score (nSPS) is 14.5. The molecule has 1 aliphatic heterocycles. The third-order valence-corrected chi connectivity index (χ3v) is 6.23. The number of nitrogens with one attached hydrogen (secondary N) is 1. The molecule has 172 valence electrons. The fraction of sp³-hybridized carbons (Fsp3) is 0.179. The quantitative estimate of drug-likeness (QED) is 0.446. The number of para-hydroxylation sites is 1. The summed E-state index contributed by atoms with van der Waals surface area (Å²) in [6.07, 6.45) is 2.06. The number of hydrogen-bond acceptors (Lipinski definition) is 3. The molecule has 2 amide bonds. The second-order valence-corrected chi connectivity index (χ2v) is 8.25. The number of methoxy groups -OCH3 is 2. The molecule has 6 heteroatoms. The van der Waals surface area contributed by atoms with E-state index in [9.17, 15) is 4.79 Å². The number of hydrogen-bond donors (Lipinski definition) is 1. The number of rotatable bonds is 5. The minimum Gasteiger partial charge on any atom is -0.497 e. The predicted molar refractivity (Wildman–Crippen MR) is 131 cm³/mol. The van der Waals surface area contributed by atoms with Gasteiger partial charge in [-0.3, -0.25) is 0 Å². The Morgan fingerprint density at radius 2 is 1.71 bits per heavy atom. The maximum atomic E-state index is 13.7. The molecule has 0 bridgehead atoms. The Balaban J connectivity index is 1.52. The zero-order valence-corrected chi connectivity index (χ0v) is 19.3. The second kappa shape index (κ2) is 9.35. The van der Waals surface area contributed by atoms with Gasteiger partial charge in [0.1, 0.15) is 11.5 Å². The highest BCUT2D eigenvalue weighted by molar-refractivity contribution is 5.76. The molecular formula is C28H27N3O3. The number of ether oxygens (including phenoxy) is 2. The number of benzene rings is 3.